The zero-order valence-electron chi connectivity index (χ0n) is 10.2. The molecule has 0 aromatic carbocycles. The topological polar surface area (TPSA) is 70.6 Å². The monoisotopic (exact) mass is 247 g/mol. The van der Waals surface area contributed by atoms with Crippen molar-refractivity contribution >= 4 is 17.6 Å². The van der Waals surface area contributed by atoms with E-state index in [4.69, 9.17) is 10.9 Å². The third-order valence-corrected chi connectivity index (χ3v) is 3.06. The van der Waals surface area contributed by atoms with E-state index in [2.05, 4.69) is 16.7 Å². The van der Waals surface area contributed by atoms with Gasteiger partial charge in [-0.2, -0.15) is 11.8 Å². The molecule has 0 fully saturated rings. The van der Waals surface area contributed by atoms with Crippen LogP contribution in [0.15, 0.2) is 5.16 Å². The van der Waals surface area contributed by atoms with Gasteiger partial charge in [0.2, 0.25) is 0 Å². The highest BCUT2D eigenvalue weighted by Gasteiger charge is 1.94. The van der Waals surface area contributed by atoms with Gasteiger partial charge >= 0.3 is 0 Å². The molecule has 0 amide bonds. The summed E-state index contributed by atoms with van der Waals surface area (Å²) in [6.45, 7) is 2.14. The SMILES string of the molecule is CSCCCCCNCCCCC(N)=NO. The number of nitrogens with one attached hydrogen (secondary N) is 1. The molecule has 16 heavy (non-hydrogen) atoms. The van der Waals surface area contributed by atoms with Gasteiger partial charge < -0.3 is 16.3 Å². The van der Waals surface area contributed by atoms with Gasteiger partial charge in [0.1, 0.15) is 5.84 Å². The molecule has 0 unspecified atom stereocenters. The molecule has 96 valence electrons. The van der Waals surface area contributed by atoms with Crippen LogP contribution in [-0.4, -0.2) is 36.1 Å². The average Bonchev–Trinajstić information content (AvgIpc) is 2.31. The fraction of sp³-hybridized carbons (Fsp3) is 0.909. The molecular weight excluding hydrogens is 222 g/mol. The largest absolute Gasteiger partial charge is 0.409 e. The normalized spacial score (nSPS) is 11.9. The summed E-state index contributed by atoms with van der Waals surface area (Å²) in [4.78, 5) is 0. The third-order valence-electron chi connectivity index (χ3n) is 2.37. The van der Waals surface area contributed by atoms with Crippen molar-refractivity contribution in [1.82, 2.24) is 5.32 Å². The molecule has 0 aliphatic rings. The molecule has 4 nitrogen and oxygen atoms in total. The Bertz CT molecular complexity index is 177. The second-order valence-electron chi connectivity index (χ2n) is 3.85. The molecule has 0 saturated heterocycles. The van der Waals surface area contributed by atoms with E-state index in [0.29, 0.717) is 12.3 Å². The van der Waals surface area contributed by atoms with Crippen LogP contribution in [0.3, 0.4) is 0 Å². The van der Waals surface area contributed by atoms with Crippen LogP contribution in [0.5, 0.6) is 0 Å². The van der Waals surface area contributed by atoms with Crippen LogP contribution >= 0.6 is 11.8 Å². The fourth-order valence-electron chi connectivity index (χ4n) is 1.40. The quantitative estimate of drug-likeness (QED) is 0.172. The number of unbranched alkanes of at least 4 members (excludes halogenated alkanes) is 3. The first-order chi connectivity index (χ1) is 7.81. The Labute approximate surface area is 103 Å². The minimum Gasteiger partial charge on any atom is -0.409 e. The molecular formula is C11H25N3OS. The smallest absolute Gasteiger partial charge is 0.139 e. The molecule has 4 N–H and O–H groups in total. The molecule has 0 aromatic heterocycles. The van der Waals surface area contributed by atoms with Crippen molar-refractivity contribution in [2.45, 2.75) is 38.5 Å². The van der Waals surface area contributed by atoms with Crippen LogP contribution in [-0.2, 0) is 0 Å². The Morgan fingerprint density at radius 1 is 1.19 bits per heavy atom. The van der Waals surface area contributed by atoms with E-state index in [-0.39, 0.29) is 0 Å². The standard InChI is InChI=1S/C11H25N3OS/c1-16-10-6-2-4-8-13-9-5-3-7-11(12)14-15/h13,15H,2-10H2,1H3,(H2,12,14). The van der Waals surface area contributed by atoms with Gasteiger partial charge in [0.25, 0.3) is 0 Å². The minimum absolute atomic E-state index is 0.331. The maximum absolute atomic E-state index is 8.32. The van der Waals surface area contributed by atoms with Crippen molar-refractivity contribution in [2.24, 2.45) is 10.9 Å². The van der Waals surface area contributed by atoms with Crippen LogP contribution in [0, 0.1) is 0 Å². The highest BCUT2D eigenvalue weighted by atomic mass is 32.2. The molecule has 0 atom stereocenters. The van der Waals surface area contributed by atoms with Crippen molar-refractivity contribution in [3.05, 3.63) is 0 Å². The molecule has 0 aliphatic carbocycles. The first-order valence-electron chi connectivity index (χ1n) is 5.97. The third kappa shape index (κ3) is 11.7. The van der Waals surface area contributed by atoms with Gasteiger partial charge in [0, 0.05) is 6.42 Å². The van der Waals surface area contributed by atoms with Crippen LogP contribution in [0.1, 0.15) is 38.5 Å². The number of nitrogens with zero attached hydrogens (tertiary/aromatic N) is 1. The minimum atomic E-state index is 0.331. The van der Waals surface area contributed by atoms with E-state index in [1.165, 1.54) is 25.0 Å². The Kier molecular flexibility index (Phi) is 12.3. The molecule has 0 aliphatic heterocycles. The molecule has 0 rings (SSSR count). The van der Waals surface area contributed by atoms with Crippen LogP contribution in [0.4, 0.5) is 0 Å². The van der Waals surface area contributed by atoms with E-state index in [0.717, 1.165) is 25.9 Å². The zero-order chi connectivity index (χ0) is 12.1. The lowest BCUT2D eigenvalue weighted by Gasteiger charge is -2.04. The lowest BCUT2D eigenvalue weighted by atomic mass is 10.2. The zero-order valence-corrected chi connectivity index (χ0v) is 11.1. The maximum atomic E-state index is 8.32. The first kappa shape index (κ1) is 15.6. The highest BCUT2D eigenvalue weighted by Crippen LogP contribution is 2.01. The molecule has 0 saturated carbocycles. The number of thioether (sulfide) groups is 1. The summed E-state index contributed by atoms with van der Waals surface area (Å²) in [6, 6.07) is 0. The second-order valence-corrected chi connectivity index (χ2v) is 4.84. The van der Waals surface area contributed by atoms with Gasteiger partial charge in [0.05, 0.1) is 0 Å². The molecule has 0 bridgehead atoms. The van der Waals surface area contributed by atoms with Crippen molar-refractivity contribution < 1.29 is 5.21 Å². The van der Waals surface area contributed by atoms with Crippen molar-refractivity contribution in [3.63, 3.8) is 0 Å². The number of oxime groups is 1. The van der Waals surface area contributed by atoms with E-state index >= 15 is 0 Å². The summed E-state index contributed by atoms with van der Waals surface area (Å²) < 4.78 is 0. The molecule has 5 heteroatoms. The van der Waals surface area contributed by atoms with E-state index in [1.807, 2.05) is 11.8 Å². The number of hydrogen-bond donors (Lipinski definition) is 3. The second kappa shape index (κ2) is 12.6. The Hall–Kier alpha value is -0.420. The predicted octanol–water partition coefficient (Wildman–Crippen LogP) is 2.03. The molecule has 0 radical (unpaired) electrons. The number of nitrogens with two attached hydrogens (primary N) is 1. The van der Waals surface area contributed by atoms with Gasteiger partial charge in [-0.1, -0.05) is 11.6 Å². The Morgan fingerprint density at radius 3 is 2.50 bits per heavy atom. The summed E-state index contributed by atoms with van der Waals surface area (Å²) in [6.07, 6.45) is 8.81. The summed E-state index contributed by atoms with van der Waals surface area (Å²) in [7, 11) is 0. The first-order valence-corrected chi connectivity index (χ1v) is 7.36. The summed E-state index contributed by atoms with van der Waals surface area (Å²) in [5, 5.41) is 14.7. The van der Waals surface area contributed by atoms with Gasteiger partial charge in [-0.05, 0) is 50.8 Å². The Balaban J connectivity index is 2.99. The number of hydrogen-bond acceptors (Lipinski definition) is 4. The highest BCUT2D eigenvalue weighted by molar-refractivity contribution is 7.98. The summed E-state index contributed by atoms with van der Waals surface area (Å²) >= 11 is 1.92. The van der Waals surface area contributed by atoms with Crippen LogP contribution in [0.25, 0.3) is 0 Å². The number of rotatable bonds is 11. The molecule has 0 aromatic rings. The van der Waals surface area contributed by atoms with Gasteiger partial charge in [-0.3, -0.25) is 0 Å². The van der Waals surface area contributed by atoms with Gasteiger partial charge in [-0.15, -0.1) is 0 Å². The number of amidine groups is 1. The van der Waals surface area contributed by atoms with E-state index < -0.39 is 0 Å². The molecule has 0 heterocycles. The van der Waals surface area contributed by atoms with Crippen LogP contribution in [0.2, 0.25) is 0 Å². The lowest BCUT2D eigenvalue weighted by molar-refractivity contribution is 0.316. The predicted molar refractivity (Wildman–Crippen MR) is 72.4 cm³/mol. The van der Waals surface area contributed by atoms with Gasteiger partial charge in [-0.25, -0.2) is 0 Å². The van der Waals surface area contributed by atoms with E-state index in [9.17, 15) is 0 Å². The van der Waals surface area contributed by atoms with Crippen LogP contribution < -0.4 is 11.1 Å². The Morgan fingerprint density at radius 2 is 1.88 bits per heavy atom. The lowest BCUT2D eigenvalue weighted by Crippen LogP contribution is -2.17. The summed E-state index contributed by atoms with van der Waals surface area (Å²) in [5.41, 5.74) is 5.36. The van der Waals surface area contributed by atoms with Gasteiger partial charge in [0.15, 0.2) is 0 Å². The van der Waals surface area contributed by atoms with Crippen molar-refractivity contribution in [2.75, 3.05) is 25.1 Å². The summed E-state index contributed by atoms with van der Waals surface area (Å²) in [5.74, 6) is 1.61. The van der Waals surface area contributed by atoms with Crippen molar-refractivity contribution in [3.8, 4) is 0 Å². The average molecular weight is 247 g/mol. The molecule has 0 spiro atoms. The maximum Gasteiger partial charge on any atom is 0.139 e. The van der Waals surface area contributed by atoms with E-state index in [1.54, 1.807) is 0 Å². The fourth-order valence-corrected chi connectivity index (χ4v) is 1.90. The van der Waals surface area contributed by atoms with Crippen molar-refractivity contribution in [1.29, 1.82) is 0 Å².